The third-order valence-corrected chi connectivity index (χ3v) is 5.49. The third kappa shape index (κ3) is 13.1. The third-order valence-electron chi connectivity index (χ3n) is 5.49. The maximum Gasteiger partial charge on any atom is 0.408 e. The Balaban J connectivity index is 2.07. The molecule has 0 fully saturated rings. The summed E-state index contributed by atoms with van der Waals surface area (Å²) in [5.41, 5.74) is 0.993. The Labute approximate surface area is 236 Å². The van der Waals surface area contributed by atoms with Gasteiger partial charge in [-0.05, 0) is 51.2 Å². The summed E-state index contributed by atoms with van der Waals surface area (Å²) in [5, 5.41) is 7.97. The first-order valence-electron chi connectivity index (χ1n) is 13.5. The number of carbonyl (C=O) groups is 4. The van der Waals surface area contributed by atoms with Gasteiger partial charge in [-0.2, -0.15) is 0 Å². The molecule has 0 aliphatic heterocycles. The summed E-state index contributed by atoms with van der Waals surface area (Å²) < 4.78 is 15.8. The Kier molecular flexibility index (Phi) is 13.5. The van der Waals surface area contributed by atoms with E-state index < -0.39 is 41.7 Å². The van der Waals surface area contributed by atoms with Crippen LogP contribution < -0.4 is 16.0 Å². The summed E-state index contributed by atoms with van der Waals surface area (Å²) >= 11 is 0. The number of alkyl carbamates (subject to hydrolysis) is 2. The molecule has 10 heteroatoms. The zero-order chi connectivity index (χ0) is 29.4. The van der Waals surface area contributed by atoms with Gasteiger partial charge in [-0.15, -0.1) is 0 Å². The van der Waals surface area contributed by atoms with Crippen molar-refractivity contribution in [3.8, 4) is 0 Å². The minimum Gasteiger partial charge on any atom is -0.464 e. The zero-order valence-corrected chi connectivity index (χ0v) is 23.7. The normalized spacial score (nSPS) is 12.4. The largest absolute Gasteiger partial charge is 0.464 e. The molecule has 0 aromatic heterocycles. The number of hydrogen-bond acceptors (Lipinski definition) is 7. The monoisotopic (exact) mass is 555 g/mol. The topological polar surface area (TPSA) is 132 Å². The van der Waals surface area contributed by atoms with Crippen molar-refractivity contribution in [3.05, 3.63) is 71.8 Å². The number of ether oxygens (including phenoxy) is 3. The van der Waals surface area contributed by atoms with Gasteiger partial charge in [0.1, 0.15) is 24.3 Å². The van der Waals surface area contributed by atoms with Crippen LogP contribution in [0.25, 0.3) is 0 Å². The fourth-order valence-electron chi connectivity index (χ4n) is 3.61. The van der Waals surface area contributed by atoms with Crippen molar-refractivity contribution in [2.75, 3.05) is 13.2 Å². The van der Waals surface area contributed by atoms with Crippen molar-refractivity contribution < 1.29 is 33.4 Å². The van der Waals surface area contributed by atoms with E-state index in [9.17, 15) is 19.2 Å². The number of rotatable bonds is 14. The molecule has 2 unspecified atom stereocenters. The number of nitrogens with one attached hydrogen (secondary N) is 3. The number of carbonyl (C=O) groups excluding carboxylic acids is 4. The molecule has 0 radical (unpaired) electrons. The molecule has 2 rings (SSSR count). The summed E-state index contributed by atoms with van der Waals surface area (Å²) in [5.74, 6) is -1.13. The Morgan fingerprint density at radius 3 is 2.02 bits per heavy atom. The lowest BCUT2D eigenvalue weighted by Gasteiger charge is -2.23. The highest BCUT2D eigenvalue weighted by Gasteiger charge is 2.28. The first-order chi connectivity index (χ1) is 19.1. The van der Waals surface area contributed by atoms with Gasteiger partial charge in [-0.3, -0.25) is 4.79 Å². The predicted octanol–water partition coefficient (Wildman–Crippen LogP) is 4.27. The van der Waals surface area contributed by atoms with E-state index in [1.54, 1.807) is 20.8 Å². The highest BCUT2D eigenvalue weighted by molar-refractivity contribution is 5.89. The van der Waals surface area contributed by atoms with Crippen LogP contribution in [0.15, 0.2) is 60.7 Å². The molecular weight excluding hydrogens is 514 g/mol. The van der Waals surface area contributed by atoms with Gasteiger partial charge < -0.3 is 30.2 Å². The van der Waals surface area contributed by atoms with Crippen LogP contribution in [0.4, 0.5) is 9.59 Å². The lowest BCUT2D eigenvalue weighted by Crippen LogP contribution is -2.52. The van der Waals surface area contributed by atoms with Crippen molar-refractivity contribution >= 4 is 24.1 Å². The average Bonchev–Trinajstić information content (AvgIpc) is 2.92. The molecule has 218 valence electrons. The SMILES string of the molecule is CCCOC(=O)C(Cc1ccccc1)NC(=O)C(CCCNC(=O)OC(C)(C)C)NC(=O)OCc1ccccc1. The number of hydrogen-bond donors (Lipinski definition) is 3. The fraction of sp³-hybridized carbons (Fsp3) is 0.467. The molecule has 0 saturated heterocycles. The van der Waals surface area contributed by atoms with Gasteiger partial charge in [0.25, 0.3) is 0 Å². The Morgan fingerprint density at radius 1 is 0.800 bits per heavy atom. The molecule has 0 aliphatic rings. The molecule has 3 N–H and O–H groups in total. The first kappa shape index (κ1) is 32.1. The molecule has 0 spiro atoms. The Bertz CT molecular complexity index is 1070. The van der Waals surface area contributed by atoms with E-state index in [1.807, 2.05) is 67.6 Å². The van der Waals surface area contributed by atoms with Crippen molar-refractivity contribution in [1.29, 1.82) is 0 Å². The van der Waals surface area contributed by atoms with Gasteiger partial charge in [0.2, 0.25) is 5.91 Å². The second-order valence-corrected chi connectivity index (χ2v) is 10.2. The molecule has 0 saturated carbocycles. The zero-order valence-electron chi connectivity index (χ0n) is 23.7. The molecule has 2 atom stereocenters. The van der Waals surface area contributed by atoms with Crippen LogP contribution in [0, 0.1) is 0 Å². The number of amides is 3. The lowest BCUT2D eigenvalue weighted by molar-refractivity contribution is -0.148. The van der Waals surface area contributed by atoms with E-state index in [0.29, 0.717) is 12.8 Å². The minimum atomic E-state index is -1.03. The molecule has 0 aliphatic carbocycles. The summed E-state index contributed by atoms with van der Waals surface area (Å²) in [6, 6.07) is 16.4. The first-order valence-corrected chi connectivity index (χ1v) is 13.5. The van der Waals surface area contributed by atoms with E-state index >= 15 is 0 Å². The maximum atomic E-state index is 13.3. The van der Waals surface area contributed by atoms with E-state index in [2.05, 4.69) is 16.0 Å². The second-order valence-electron chi connectivity index (χ2n) is 10.2. The van der Waals surface area contributed by atoms with Crippen LogP contribution in [0.5, 0.6) is 0 Å². The molecule has 3 amide bonds. The van der Waals surface area contributed by atoms with E-state index in [-0.39, 0.29) is 32.6 Å². The lowest BCUT2D eigenvalue weighted by atomic mass is 10.0. The van der Waals surface area contributed by atoms with Crippen LogP contribution in [-0.2, 0) is 36.8 Å². The fourth-order valence-corrected chi connectivity index (χ4v) is 3.61. The minimum absolute atomic E-state index is 0.0290. The van der Waals surface area contributed by atoms with Gasteiger partial charge in [0, 0.05) is 13.0 Å². The summed E-state index contributed by atoms with van der Waals surface area (Å²) in [6.07, 6.45) is 0.0206. The van der Waals surface area contributed by atoms with Crippen molar-refractivity contribution in [2.24, 2.45) is 0 Å². The van der Waals surface area contributed by atoms with E-state index in [1.165, 1.54) is 0 Å². The van der Waals surface area contributed by atoms with Gasteiger partial charge in [0.15, 0.2) is 0 Å². The standard InChI is InChI=1S/C30H41N3O7/c1-5-19-38-27(35)25(20-22-13-8-6-9-14-22)32-26(34)24(17-12-18-31-28(36)40-30(2,3)4)33-29(37)39-21-23-15-10-7-11-16-23/h6-11,13-16,24-25H,5,12,17-21H2,1-4H3,(H,31,36)(H,32,34)(H,33,37). The Hall–Kier alpha value is -4.08. The van der Waals surface area contributed by atoms with Crippen LogP contribution >= 0.6 is 0 Å². The van der Waals surface area contributed by atoms with Crippen LogP contribution in [0.1, 0.15) is 58.1 Å². The average molecular weight is 556 g/mol. The van der Waals surface area contributed by atoms with Crippen LogP contribution in [-0.4, -0.2) is 54.9 Å². The van der Waals surface area contributed by atoms with Crippen LogP contribution in [0.3, 0.4) is 0 Å². The molecule has 2 aromatic rings. The molecule has 40 heavy (non-hydrogen) atoms. The summed E-state index contributed by atoms with van der Waals surface area (Å²) in [7, 11) is 0. The second kappa shape index (κ2) is 16.8. The smallest absolute Gasteiger partial charge is 0.408 e. The number of benzene rings is 2. The van der Waals surface area contributed by atoms with E-state index in [4.69, 9.17) is 14.2 Å². The number of esters is 1. The summed E-state index contributed by atoms with van der Waals surface area (Å²) in [4.78, 5) is 50.7. The van der Waals surface area contributed by atoms with Gasteiger partial charge in [-0.25, -0.2) is 14.4 Å². The molecule has 10 nitrogen and oxygen atoms in total. The molecule has 0 bridgehead atoms. The molecular formula is C30H41N3O7. The summed E-state index contributed by atoms with van der Waals surface area (Å²) in [6.45, 7) is 7.63. The predicted molar refractivity (Wildman–Crippen MR) is 150 cm³/mol. The highest BCUT2D eigenvalue weighted by Crippen LogP contribution is 2.09. The van der Waals surface area contributed by atoms with Gasteiger partial charge in [-0.1, -0.05) is 67.6 Å². The highest BCUT2D eigenvalue weighted by atomic mass is 16.6. The quantitative estimate of drug-likeness (QED) is 0.180. The van der Waals surface area contributed by atoms with Crippen molar-refractivity contribution in [3.63, 3.8) is 0 Å². The van der Waals surface area contributed by atoms with Crippen molar-refractivity contribution in [2.45, 2.75) is 77.7 Å². The van der Waals surface area contributed by atoms with Gasteiger partial charge in [0.05, 0.1) is 6.61 Å². The molecule has 2 aromatic carbocycles. The van der Waals surface area contributed by atoms with Crippen LogP contribution in [0.2, 0.25) is 0 Å². The van der Waals surface area contributed by atoms with E-state index in [0.717, 1.165) is 11.1 Å². The van der Waals surface area contributed by atoms with Crippen molar-refractivity contribution in [1.82, 2.24) is 16.0 Å². The molecule has 0 heterocycles. The Morgan fingerprint density at radius 2 is 1.43 bits per heavy atom. The van der Waals surface area contributed by atoms with Gasteiger partial charge >= 0.3 is 18.2 Å². The maximum absolute atomic E-state index is 13.3.